The highest BCUT2D eigenvalue weighted by molar-refractivity contribution is 6.32. The van der Waals surface area contributed by atoms with Gasteiger partial charge in [0, 0.05) is 0 Å². The van der Waals surface area contributed by atoms with Gasteiger partial charge >= 0.3 is 0 Å². The van der Waals surface area contributed by atoms with Gasteiger partial charge in [-0.1, -0.05) is 11.6 Å². The third-order valence-corrected chi connectivity index (χ3v) is 2.28. The monoisotopic (exact) mass is 219 g/mol. The SMILES string of the molecule is C[C@](N)(CO)c1c(F)ccc(Cl)c1O. The number of rotatable bonds is 2. The van der Waals surface area contributed by atoms with Crippen molar-refractivity contribution in [3.05, 3.63) is 28.5 Å². The van der Waals surface area contributed by atoms with Gasteiger partial charge in [-0.15, -0.1) is 0 Å². The van der Waals surface area contributed by atoms with E-state index in [4.69, 9.17) is 22.4 Å². The molecule has 0 aromatic heterocycles. The van der Waals surface area contributed by atoms with Gasteiger partial charge in [0.2, 0.25) is 0 Å². The number of benzene rings is 1. The minimum atomic E-state index is -1.35. The first-order chi connectivity index (χ1) is 6.40. The van der Waals surface area contributed by atoms with Crippen molar-refractivity contribution in [1.82, 2.24) is 0 Å². The molecule has 1 rings (SSSR count). The molecule has 0 aliphatic carbocycles. The van der Waals surface area contributed by atoms with E-state index in [1.54, 1.807) is 0 Å². The number of phenolic OH excluding ortho intramolecular Hbond substituents is 1. The van der Waals surface area contributed by atoms with Crippen LogP contribution in [0.2, 0.25) is 5.02 Å². The quantitative estimate of drug-likeness (QED) is 0.704. The van der Waals surface area contributed by atoms with Gasteiger partial charge in [-0.25, -0.2) is 4.39 Å². The molecule has 3 nitrogen and oxygen atoms in total. The molecule has 0 heterocycles. The summed E-state index contributed by atoms with van der Waals surface area (Å²) >= 11 is 5.59. The highest BCUT2D eigenvalue weighted by atomic mass is 35.5. The van der Waals surface area contributed by atoms with Crippen LogP contribution < -0.4 is 5.73 Å². The zero-order valence-corrected chi connectivity index (χ0v) is 8.35. The van der Waals surface area contributed by atoms with Gasteiger partial charge in [-0.05, 0) is 19.1 Å². The summed E-state index contributed by atoms with van der Waals surface area (Å²) in [4.78, 5) is 0. The van der Waals surface area contributed by atoms with Crippen LogP contribution in [-0.4, -0.2) is 16.8 Å². The van der Waals surface area contributed by atoms with Gasteiger partial charge in [-0.3, -0.25) is 0 Å². The molecule has 0 aliphatic rings. The van der Waals surface area contributed by atoms with Crippen molar-refractivity contribution < 1.29 is 14.6 Å². The summed E-state index contributed by atoms with van der Waals surface area (Å²) in [6.45, 7) is 0.916. The lowest BCUT2D eigenvalue weighted by Crippen LogP contribution is -2.38. The van der Waals surface area contributed by atoms with Crippen molar-refractivity contribution in [2.75, 3.05) is 6.61 Å². The Labute approximate surface area is 85.9 Å². The van der Waals surface area contributed by atoms with Crippen LogP contribution in [0.25, 0.3) is 0 Å². The van der Waals surface area contributed by atoms with E-state index in [0.717, 1.165) is 6.07 Å². The highest BCUT2D eigenvalue weighted by Crippen LogP contribution is 2.35. The maximum atomic E-state index is 13.3. The summed E-state index contributed by atoms with van der Waals surface area (Å²) in [6.07, 6.45) is 0. The van der Waals surface area contributed by atoms with Gasteiger partial charge in [0.25, 0.3) is 0 Å². The van der Waals surface area contributed by atoms with E-state index >= 15 is 0 Å². The Morgan fingerprint density at radius 3 is 2.64 bits per heavy atom. The molecule has 0 aliphatic heterocycles. The van der Waals surface area contributed by atoms with Crippen molar-refractivity contribution >= 4 is 11.6 Å². The second-order valence-electron chi connectivity index (χ2n) is 3.33. The van der Waals surface area contributed by atoms with E-state index in [9.17, 15) is 9.50 Å². The first kappa shape index (κ1) is 11.2. The molecule has 5 heteroatoms. The van der Waals surface area contributed by atoms with Gasteiger partial charge in [0.1, 0.15) is 11.6 Å². The highest BCUT2D eigenvalue weighted by Gasteiger charge is 2.28. The van der Waals surface area contributed by atoms with E-state index in [1.165, 1.54) is 13.0 Å². The largest absolute Gasteiger partial charge is 0.506 e. The topological polar surface area (TPSA) is 66.5 Å². The Hall–Kier alpha value is -0.840. The fourth-order valence-corrected chi connectivity index (χ4v) is 1.32. The molecule has 14 heavy (non-hydrogen) atoms. The minimum Gasteiger partial charge on any atom is -0.506 e. The Morgan fingerprint density at radius 2 is 2.14 bits per heavy atom. The van der Waals surface area contributed by atoms with E-state index in [1.807, 2.05) is 0 Å². The summed E-state index contributed by atoms with van der Waals surface area (Å²) in [6, 6.07) is 2.32. The third kappa shape index (κ3) is 1.82. The number of halogens is 2. The molecule has 0 spiro atoms. The molecular weight excluding hydrogens is 209 g/mol. The molecule has 0 bridgehead atoms. The van der Waals surface area contributed by atoms with Gasteiger partial charge < -0.3 is 15.9 Å². The summed E-state index contributed by atoms with van der Waals surface area (Å²) in [5.41, 5.74) is 4.08. The van der Waals surface area contributed by atoms with Crippen LogP contribution in [0, 0.1) is 5.82 Å². The molecule has 0 saturated carbocycles. The van der Waals surface area contributed by atoms with Crippen molar-refractivity contribution in [3.8, 4) is 5.75 Å². The molecule has 0 fully saturated rings. The predicted octanol–water partition coefficient (Wildman–Crippen LogP) is 1.35. The second-order valence-corrected chi connectivity index (χ2v) is 3.74. The predicted molar refractivity (Wildman–Crippen MR) is 51.7 cm³/mol. The number of hydrogen-bond acceptors (Lipinski definition) is 3. The smallest absolute Gasteiger partial charge is 0.142 e. The average molecular weight is 220 g/mol. The van der Waals surface area contributed by atoms with Crippen LogP contribution in [0.15, 0.2) is 12.1 Å². The first-order valence-electron chi connectivity index (χ1n) is 3.97. The molecule has 4 N–H and O–H groups in total. The first-order valence-corrected chi connectivity index (χ1v) is 4.35. The Balaban J connectivity index is 3.40. The third-order valence-electron chi connectivity index (χ3n) is 1.98. The van der Waals surface area contributed by atoms with Gasteiger partial charge in [0.05, 0.1) is 22.7 Å². The van der Waals surface area contributed by atoms with E-state index in [2.05, 4.69) is 0 Å². The molecule has 1 aromatic rings. The molecule has 0 radical (unpaired) electrons. The Bertz CT molecular complexity index is 355. The summed E-state index contributed by atoms with van der Waals surface area (Å²) < 4.78 is 13.3. The molecule has 0 amide bonds. The number of nitrogens with two attached hydrogens (primary N) is 1. The van der Waals surface area contributed by atoms with Crippen LogP contribution >= 0.6 is 11.6 Å². The van der Waals surface area contributed by atoms with Crippen LogP contribution in [0.5, 0.6) is 5.75 Å². The number of hydrogen-bond donors (Lipinski definition) is 3. The lowest BCUT2D eigenvalue weighted by molar-refractivity contribution is 0.203. The fraction of sp³-hybridized carbons (Fsp3) is 0.333. The molecule has 0 unspecified atom stereocenters. The number of aliphatic hydroxyl groups is 1. The van der Waals surface area contributed by atoms with Crippen LogP contribution in [0.3, 0.4) is 0 Å². The van der Waals surface area contributed by atoms with Crippen molar-refractivity contribution in [1.29, 1.82) is 0 Å². The zero-order chi connectivity index (χ0) is 10.9. The van der Waals surface area contributed by atoms with Crippen LogP contribution in [0.4, 0.5) is 4.39 Å². The second kappa shape index (κ2) is 3.73. The molecule has 1 atom stereocenters. The molecule has 0 saturated heterocycles. The maximum Gasteiger partial charge on any atom is 0.142 e. The maximum absolute atomic E-state index is 13.3. The van der Waals surface area contributed by atoms with Crippen molar-refractivity contribution in [2.45, 2.75) is 12.5 Å². The van der Waals surface area contributed by atoms with E-state index in [-0.39, 0.29) is 10.6 Å². The normalized spacial score (nSPS) is 15.2. The zero-order valence-electron chi connectivity index (χ0n) is 7.59. The lowest BCUT2D eigenvalue weighted by atomic mass is 9.93. The lowest BCUT2D eigenvalue weighted by Gasteiger charge is -2.24. The molecular formula is C9H11ClFNO2. The minimum absolute atomic E-state index is 0.00604. The van der Waals surface area contributed by atoms with E-state index in [0.29, 0.717) is 0 Å². The average Bonchev–Trinajstić information content (AvgIpc) is 2.12. The number of phenols is 1. The molecule has 78 valence electrons. The summed E-state index contributed by atoms with van der Waals surface area (Å²) in [7, 11) is 0. The standard InChI is InChI=1S/C9H11ClFNO2/c1-9(12,4-13)7-6(11)3-2-5(10)8(7)14/h2-3,13-14H,4,12H2,1H3/t9-/m0/s1. The molecule has 1 aromatic carbocycles. The fourth-order valence-electron chi connectivity index (χ4n) is 1.16. The summed E-state index contributed by atoms with van der Waals surface area (Å²) in [5, 5.41) is 18.4. The number of aromatic hydroxyl groups is 1. The van der Waals surface area contributed by atoms with Crippen LogP contribution in [0.1, 0.15) is 12.5 Å². The van der Waals surface area contributed by atoms with Crippen molar-refractivity contribution in [2.24, 2.45) is 5.73 Å². The van der Waals surface area contributed by atoms with Crippen molar-refractivity contribution in [3.63, 3.8) is 0 Å². The van der Waals surface area contributed by atoms with Crippen LogP contribution in [-0.2, 0) is 5.54 Å². The number of aliphatic hydroxyl groups excluding tert-OH is 1. The van der Waals surface area contributed by atoms with E-state index < -0.39 is 23.7 Å². The Kier molecular flexibility index (Phi) is 2.99. The summed E-state index contributed by atoms with van der Waals surface area (Å²) in [5.74, 6) is -1.11. The van der Waals surface area contributed by atoms with Gasteiger partial charge in [-0.2, -0.15) is 0 Å². The van der Waals surface area contributed by atoms with Gasteiger partial charge in [0.15, 0.2) is 0 Å². The Morgan fingerprint density at radius 1 is 1.57 bits per heavy atom.